The minimum absolute atomic E-state index is 0.110. The monoisotopic (exact) mass is 243 g/mol. The number of hydrogen-bond donors (Lipinski definition) is 2. The molecule has 0 saturated carbocycles. The van der Waals surface area contributed by atoms with Gasteiger partial charge in [-0.2, -0.15) is 0 Å². The summed E-state index contributed by atoms with van der Waals surface area (Å²) < 4.78 is 0. The van der Waals surface area contributed by atoms with Crippen LogP contribution in [0.25, 0.3) is 11.0 Å². The van der Waals surface area contributed by atoms with Crippen LogP contribution in [0, 0.1) is 0 Å². The van der Waals surface area contributed by atoms with Crippen molar-refractivity contribution in [3.63, 3.8) is 0 Å². The van der Waals surface area contributed by atoms with Gasteiger partial charge in [0.25, 0.3) is 0 Å². The topological polar surface area (TPSA) is 57.8 Å². The second-order valence-electron chi connectivity index (χ2n) is 4.35. The predicted molar refractivity (Wildman–Crippen MR) is 72.1 cm³/mol. The fraction of sp³-hybridized carbons (Fsp3) is 0.286. The summed E-state index contributed by atoms with van der Waals surface area (Å²) in [6.07, 6.45) is 0.777. The predicted octanol–water partition coefficient (Wildman–Crippen LogP) is 2.71. The van der Waals surface area contributed by atoms with Crippen molar-refractivity contribution in [2.24, 2.45) is 0 Å². The SMILES string of the molecule is C=C(C)C(=O)NC(CC)c1nc2ccccc2[nH]1. The Morgan fingerprint density at radius 1 is 1.50 bits per heavy atom. The first-order chi connectivity index (χ1) is 8.61. The number of hydrogen-bond acceptors (Lipinski definition) is 2. The molecule has 0 fully saturated rings. The van der Waals surface area contributed by atoms with Crippen molar-refractivity contribution >= 4 is 16.9 Å². The first-order valence-corrected chi connectivity index (χ1v) is 6.02. The lowest BCUT2D eigenvalue weighted by atomic mass is 10.2. The number of amides is 1. The van der Waals surface area contributed by atoms with Gasteiger partial charge >= 0.3 is 0 Å². The number of rotatable bonds is 4. The third kappa shape index (κ3) is 2.42. The molecule has 1 atom stereocenters. The van der Waals surface area contributed by atoms with Gasteiger partial charge in [0.2, 0.25) is 5.91 Å². The van der Waals surface area contributed by atoms with E-state index in [1.807, 2.05) is 31.2 Å². The van der Waals surface area contributed by atoms with Gasteiger partial charge in [0.1, 0.15) is 5.82 Å². The van der Waals surface area contributed by atoms with Gasteiger partial charge in [-0.05, 0) is 25.5 Å². The van der Waals surface area contributed by atoms with Crippen LogP contribution in [0.15, 0.2) is 36.4 Å². The Hall–Kier alpha value is -2.10. The number of carbonyl (C=O) groups is 1. The molecule has 0 radical (unpaired) electrons. The van der Waals surface area contributed by atoms with Crippen LogP contribution in [0.4, 0.5) is 0 Å². The van der Waals surface area contributed by atoms with E-state index in [9.17, 15) is 4.79 Å². The zero-order valence-electron chi connectivity index (χ0n) is 10.7. The van der Waals surface area contributed by atoms with Crippen molar-refractivity contribution < 1.29 is 4.79 Å². The van der Waals surface area contributed by atoms with Crippen LogP contribution in [0.5, 0.6) is 0 Å². The maximum Gasteiger partial charge on any atom is 0.246 e. The third-order valence-corrected chi connectivity index (χ3v) is 2.84. The summed E-state index contributed by atoms with van der Waals surface area (Å²) >= 11 is 0. The summed E-state index contributed by atoms with van der Waals surface area (Å²) in [4.78, 5) is 19.4. The Morgan fingerprint density at radius 2 is 2.22 bits per heavy atom. The van der Waals surface area contributed by atoms with Crippen LogP contribution in [0.2, 0.25) is 0 Å². The molecule has 1 heterocycles. The number of H-pyrrole nitrogens is 1. The highest BCUT2D eigenvalue weighted by atomic mass is 16.1. The van der Waals surface area contributed by atoms with Crippen molar-refractivity contribution in [1.29, 1.82) is 0 Å². The fourth-order valence-corrected chi connectivity index (χ4v) is 1.78. The second kappa shape index (κ2) is 5.04. The zero-order chi connectivity index (χ0) is 13.1. The summed E-state index contributed by atoms with van der Waals surface area (Å²) in [7, 11) is 0. The van der Waals surface area contributed by atoms with E-state index in [1.165, 1.54) is 0 Å². The van der Waals surface area contributed by atoms with Crippen molar-refractivity contribution in [3.8, 4) is 0 Å². The van der Waals surface area contributed by atoms with Crippen molar-refractivity contribution in [1.82, 2.24) is 15.3 Å². The summed E-state index contributed by atoms with van der Waals surface area (Å²) in [5.74, 6) is 0.649. The van der Waals surface area contributed by atoms with E-state index < -0.39 is 0 Å². The highest BCUT2D eigenvalue weighted by Crippen LogP contribution is 2.18. The molecule has 2 N–H and O–H groups in total. The summed E-state index contributed by atoms with van der Waals surface area (Å²) in [6, 6.07) is 7.71. The van der Waals surface area contributed by atoms with Crippen LogP contribution in [-0.4, -0.2) is 15.9 Å². The smallest absolute Gasteiger partial charge is 0.246 e. The molecule has 94 valence electrons. The molecule has 4 heteroatoms. The molecule has 1 unspecified atom stereocenters. The number of aromatic amines is 1. The Morgan fingerprint density at radius 3 is 2.83 bits per heavy atom. The molecule has 0 aliphatic carbocycles. The van der Waals surface area contributed by atoms with Gasteiger partial charge in [0.15, 0.2) is 0 Å². The lowest BCUT2D eigenvalue weighted by Gasteiger charge is -2.14. The largest absolute Gasteiger partial charge is 0.342 e. The molecule has 0 saturated heterocycles. The number of nitrogens with zero attached hydrogens (tertiary/aromatic N) is 1. The Labute approximate surface area is 106 Å². The van der Waals surface area contributed by atoms with Gasteiger partial charge in [-0.25, -0.2) is 4.98 Å². The minimum Gasteiger partial charge on any atom is -0.342 e. The lowest BCUT2D eigenvalue weighted by molar-refractivity contribution is -0.118. The number of nitrogens with one attached hydrogen (secondary N) is 2. The number of fused-ring (bicyclic) bond motifs is 1. The molecule has 2 aromatic rings. The van der Waals surface area contributed by atoms with Crippen molar-refractivity contribution in [2.75, 3.05) is 0 Å². The molecular formula is C14H17N3O. The van der Waals surface area contributed by atoms with Crippen LogP contribution >= 0.6 is 0 Å². The first kappa shape index (κ1) is 12.4. The number of benzene rings is 1. The molecule has 1 aromatic carbocycles. The van der Waals surface area contributed by atoms with Crippen LogP contribution in [0.1, 0.15) is 32.1 Å². The van der Waals surface area contributed by atoms with Crippen LogP contribution in [0.3, 0.4) is 0 Å². The summed E-state index contributed by atoms with van der Waals surface area (Å²) in [6.45, 7) is 7.34. The van der Waals surface area contributed by atoms with E-state index in [-0.39, 0.29) is 11.9 Å². The zero-order valence-corrected chi connectivity index (χ0v) is 10.7. The van der Waals surface area contributed by atoms with Crippen LogP contribution in [-0.2, 0) is 4.79 Å². The maximum atomic E-state index is 11.6. The van der Waals surface area contributed by atoms with E-state index in [0.29, 0.717) is 5.57 Å². The third-order valence-electron chi connectivity index (χ3n) is 2.84. The normalized spacial score (nSPS) is 12.3. The second-order valence-corrected chi connectivity index (χ2v) is 4.35. The molecule has 1 aromatic heterocycles. The number of aromatic nitrogens is 2. The van der Waals surface area contributed by atoms with Gasteiger partial charge in [0, 0.05) is 5.57 Å². The molecule has 18 heavy (non-hydrogen) atoms. The Kier molecular flexibility index (Phi) is 3.46. The number of carbonyl (C=O) groups excluding carboxylic acids is 1. The van der Waals surface area contributed by atoms with E-state index in [2.05, 4.69) is 21.9 Å². The van der Waals surface area contributed by atoms with Gasteiger partial charge < -0.3 is 10.3 Å². The van der Waals surface area contributed by atoms with Gasteiger partial charge in [0.05, 0.1) is 17.1 Å². The highest BCUT2D eigenvalue weighted by Gasteiger charge is 2.16. The Balaban J connectivity index is 2.26. The summed E-state index contributed by atoms with van der Waals surface area (Å²) in [5.41, 5.74) is 2.40. The quantitative estimate of drug-likeness (QED) is 0.811. The minimum atomic E-state index is -0.137. The van der Waals surface area contributed by atoms with E-state index in [1.54, 1.807) is 6.92 Å². The standard InChI is InChI=1S/C14H17N3O/c1-4-10(17-14(18)9(2)3)13-15-11-7-5-6-8-12(11)16-13/h5-8,10H,2,4H2,1,3H3,(H,15,16)(H,17,18). The maximum absolute atomic E-state index is 11.6. The van der Waals surface area contributed by atoms with Gasteiger partial charge in [-0.3, -0.25) is 4.79 Å². The van der Waals surface area contributed by atoms with E-state index in [0.717, 1.165) is 23.3 Å². The van der Waals surface area contributed by atoms with E-state index in [4.69, 9.17) is 0 Å². The van der Waals surface area contributed by atoms with Crippen molar-refractivity contribution in [2.45, 2.75) is 26.3 Å². The molecule has 1 amide bonds. The van der Waals surface area contributed by atoms with Crippen LogP contribution < -0.4 is 5.32 Å². The molecule has 0 aliphatic heterocycles. The molecular weight excluding hydrogens is 226 g/mol. The van der Waals surface area contributed by atoms with E-state index >= 15 is 0 Å². The molecule has 4 nitrogen and oxygen atoms in total. The number of imidazole rings is 1. The Bertz CT molecular complexity index is 552. The highest BCUT2D eigenvalue weighted by molar-refractivity contribution is 5.92. The molecule has 0 bridgehead atoms. The van der Waals surface area contributed by atoms with Gasteiger partial charge in [-0.15, -0.1) is 0 Å². The van der Waals surface area contributed by atoms with Gasteiger partial charge in [-0.1, -0.05) is 25.6 Å². The lowest BCUT2D eigenvalue weighted by Crippen LogP contribution is -2.29. The number of para-hydroxylation sites is 2. The average molecular weight is 243 g/mol. The average Bonchev–Trinajstić information content (AvgIpc) is 2.78. The summed E-state index contributed by atoms with van der Waals surface area (Å²) in [5, 5.41) is 2.91. The van der Waals surface area contributed by atoms with Crippen molar-refractivity contribution in [3.05, 3.63) is 42.2 Å². The molecule has 0 spiro atoms. The fourth-order valence-electron chi connectivity index (χ4n) is 1.78. The first-order valence-electron chi connectivity index (χ1n) is 6.02. The molecule has 2 rings (SSSR count). The molecule has 0 aliphatic rings.